The second-order valence-electron chi connectivity index (χ2n) is 2.33. The van der Waals surface area contributed by atoms with Crippen LogP contribution in [0.2, 0.25) is 0 Å². The molecule has 0 spiro atoms. The molecule has 1 heterocycles. The summed E-state index contributed by atoms with van der Waals surface area (Å²) >= 11 is 2.28. The number of hydrogen-bond donors (Lipinski definition) is 0. The van der Waals surface area contributed by atoms with E-state index in [0.717, 1.165) is 5.75 Å². The highest BCUT2D eigenvalue weighted by molar-refractivity contribution is 14.1. The van der Waals surface area contributed by atoms with E-state index in [9.17, 15) is 0 Å². The third kappa shape index (κ3) is 1.35. The highest BCUT2D eigenvalue weighted by Crippen LogP contribution is 2.27. The van der Waals surface area contributed by atoms with E-state index in [1.165, 1.54) is 9.13 Å². The predicted molar refractivity (Wildman–Crippen MR) is 49.4 cm³/mol. The van der Waals surface area contributed by atoms with Crippen LogP contribution >= 0.6 is 22.6 Å². The maximum Gasteiger partial charge on any atom is 0.189 e. The van der Waals surface area contributed by atoms with Crippen molar-refractivity contribution in [1.82, 2.24) is 0 Å². The molecule has 0 saturated heterocycles. The van der Waals surface area contributed by atoms with Crippen LogP contribution in [0.15, 0.2) is 18.2 Å². The highest BCUT2D eigenvalue weighted by Gasteiger charge is 2.11. The van der Waals surface area contributed by atoms with Crippen LogP contribution in [0.5, 0.6) is 5.75 Å². The third-order valence-electron chi connectivity index (χ3n) is 1.62. The van der Waals surface area contributed by atoms with Gasteiger partial charge >= 0.3 is 0 Å². The Morgan fingerprint density at radius 1 is 1.36 bits per heavy atom. The normalized spacial score (nSPS) is 15.4. The molecule has 0 fully saturated rings. The van der Waals surface area contributed by atoms with Crippen LogP contribution < -0.4 is 4.74 Å². The van der Waals surface area contributed by atoms with Crippen LogP contribution in [0.1, 0.15) is 5.56 Å². The van der Waals surface area contributed by atoms with Gasteiger partial charge in [-0.25, -0.2) is 0 Å². The van der Waals surface area contributed by atoms with Crippen molar-refractivity contribution in [2.45, 2.75) is 6.61 Å². The molecule has 0 N–H and O–H groups in total. The van der Waals surface area contributed by atoms with Crippen molar-refractivity contribution in [2.75, 3.05) is 6.79 Å². The van der Waals surface area contributed by atoms with Gasteiger partial charge < -0.3 is 9.47 Å². The Bertz CT molecular complexity index is 273. The zero-order chi connectivity index (χ0) is 7.68. The van der Waals surface area contributed by atoms with Gasteiger partial charge in [0.25, 0.3) is 0 Å². The number of ether oxygens (including phenoxy) is 2. The molecule has 1 aliphatic rings. The van der Waals surface area contributed by atoms with Crippen molar-refractivity contribution >= 4 is 22.6 Å². The van der Waals surface area contributed by atoms with Gasteiger partial charge in [0.05, 0.1) is 6.61 Å². The topological polar surface area (TPSA) is 18.5 Å². The number of benzene rings is 1. The van der Waals surface area contributed by atoms with Crippen LogP contribution in [0.4, 0.5) is 0 Å². The van der Waals surface area contributed by atoms with Crippen LogP contribution in [-0.4, -0.2) is 6.79 Å². The molecule has 0 unspecified atom stereocenters. The molecule has 1 aromatic carbocycles. The summed E-state index contributed by atoms with van der Waals surface area (Å²) in [6.07, 6.45) is 0. The number of rotatable bonds is 0. The van der Waals surface area contributed by atoms with Gasteiger partial charge in [-0.2, -0.15) is 0 Å². The molecule has 0 aliphatic carbocycles. The minimum atomic E-state index is 0.382. The monoisotopic (exact) mass is 262 g/mol. The van der Waals surface area contributed by atoms with Crippen molar-refractivity contribution < 1.29 is 9.47 Å². The highest BCUT2D eigenvalue weighted by atomic mass is 127. The largest absolute Gasteiger partial charge is 0.467 e. The Kier molecular flexibility index (Phi) is 2.00. The van der Waals surface area contributed by atoms with Crippen molar-refractivity contribution in [3.8, 4) is 5.75 Å². The first-order valence-corrected chi connectivity index (χ1v) is 4.44. The van der Waals surface area contributed by atoms with E-state index in [2.05, 4.69) is 28.7 Å². The molecular weight excluding hydrogens is 255 g/mol. The molecule has 1 aliphatic heterocycles. The summed E-state index contributed by atoms with van der Waals surface area (Å²) < 4.78 is 11.6. The standard InChI is InChI=1S/C8H7IO2/c9-7-2-1-3-8-6(7)4-10-5-11-8/h1-3H,4-5H2. The molecule has 0 bridgehead atoms. The summed E-state index contributed by atoms with van der Waals surface area (Å²) in [4.78, 5) is 0. The third-order valence-corrected chi connectivity index (χ3v) is 2.63. The molecule has 11 heavy (non-hydrogen) atoms. The fraction of sp³-hybridized carbons (Fsp3) is 0.250. The Labute approximate surface area is 78.6 Å². The van der Waals surface area contributed by atoms with E-state index in [1.807, 2.05) is 12.1 Å². The predicted octanol–water partition coefficient (Wildman–Crippen LogP) is 2.16. The molecule has 0 aromatic heterocycles. The lowest BCUT2D eigenvalue weighted by molar-refractivity contribution is -0.0168. The van der Waals surface area contributed by atoms with Gasteiger partial charge in [0.2, 0.25) is 0 Å². The summed E-state index contributed by atoms with van der Waals surface area (Å²) in [6.45, 7) is 1.06. The van der Waals surface area contributed by atoms with E-state index < -0.39 is 0 Å². The molecule has 2 rings (SSSR count). The van der Waals surface area contributed by atoms with Gasteiger partial charge in [0.15, 0.2) is 6.79 Å². The lowest BCUT2D eigenvalue weighted by Crippen LogP contribution is -2.12. The van der Waals surface area contributed by atoms with Gasteiger partial charge in [-0.15, -0.1) is 0 Å². The molecular formula is C8H7IO2. The van der Waals surface area contributed by atoms with Crippen molar-refractivity contribution in [2.24, 2.45) is 0 Å². The van der Waals surface area contributed by atoms with Crippen LogP contribution in [0.25, 0.3) is 0 Å². The van der Waals surface area contributed by atoms with E-state index in [-0.39, 0.29) is 0 Å². The molecule has 0 radical (unpaired) electrons. The van der Waals surface area contributed by atoms with Gasteiger partial charge in [-0.05, 0) is 34.7 Å². The van der Waals surface area contributed by atoms with Crippen LogP contribution in [0.3, 0.4) is 0 Å². The quantitative estimate of drug-likeness (QED) is 0.667. The lowest BCUT2D eigenvalue weighted by atomic mass is 10.2. The van der Waals surface area contributed by atoms with E-state index in [1.54, 1.807) is 0 Å². The molecule has 0 saturated carbocycles. The minimum Gasteiger partial charge on any atom is -0.467 e. The average Bonchev–Trinajstić information content (AvgIpc) is 2.06. The van der Waals surface area contributed by atoms with Crippen molar-refractivity contribution in [1.29, 1.82) is 0 Å². The molecule has 2 nitrogen and oxygen atoms in total. The van der Waals surface area contributed by atoms with Gasteiger partial charge in [0, 0.05) is 9.13 Å². The second-order valence-corrected chi connectivity index (χ2v) is 3.49. The summed E-state index contributed by atoms with van der Waals surface area (Å²) in [6, 6.07) is 6.02. The van der Waals surface area contributed by atoms with Crippen LogP contribution in [-0.2, 0) is 11.3 Å². The zero-order valence-corrected chi connectivity index (χ0v) is 8.00. The Hall–Kier alpha value is -0.290. The summed E-state index contributed by atoms with van der Waals surface area (Å²) in [5, 5.41) is 0. The van der Waals surface area contributed by atoms with Crippen molar-refractivity contribution in [3.63, 3.8) is 0 Å². The van der Waals surface area contributed by atoms with Crippen LogP contribution in [0, 0.1) is 3.57 Å². The zero-order valence-electron chi connectivity index (χ0n) is 5.84. The van der Waals surface area contributed by atoms with Crippen molar-refractivity contribution in [3.05, 3.63) is 27.3 Å². The Morgan fingerprint density at radius 2 is 2.27 bits per heavy atom. The first-order valence-electron chi connectivity index (χ1n) is 3.36. The van der Waals surface area contributed by atoms with E-state index >= 15 is 0 Å². The van der Waals surface area contributed by atoms with E-state index in [0.29, 0.717) is 13.4 Å². The molecule has 0 amide bonds. The average molecular weight is 262 g/mol. The molecule has 1 aromatic rings. The first kappa shape index (κ1) is 7.36. The summed E-state index contributed by atoms with van der Waals surface area (Å²) in [7, 11) is 0. The summed E-state index contributed by atoms with van der Waals surface area (Å²) in [5.74, 6) is 0.961. The van der Waals surface area contributed by atoms with E-state index in [4.69, 9.17) is 9.47 Å². The maximum absolute atomic E-state index is 5.28. The van der Waals surface area contributed by atoms with Gasteiger partial charge in [-0.1, -0.05) is 6.07 Å². The SMILES string of the molecule is Ic1cccc2c1COCO2. The fourth-order valence-electron chi connectivity index (χ4n) is 1.06. The van der Waals surface area contributed by atoms with Gasteiger partial charge in [0.1, 0.15) is 5.75 Å². The smallest absolute Gasteiger partial charge is 0.189 e. The number of hydrogen-bond acceptors (Lipinski definition) is 2. The maximum atomic E-state index is 5.28. The number of halogens is 1. The minimum absolute atomic E-state index is 0.382. The van der Waals surface area contributed by atoms with Gasteiger partial charge in [-0.3, -0.25) is 0 Å². The fourth-order valence-corrected chi connectivity index (χ4v) is 1.69. The first-order chi connectivity index (χ1) is 5.38. The molecule has 3 heteroatoms. The molecule has 0 atom stereocenters. The Morgan fingerprint density at radius 3 is 3.09 bits per heavy atom. The summed E-state index contributed by atoms with van der Waals surface area (Å²) in [5.41, 5.74) is 1.17. The second kappa shape index (κ2) is 2.98. The number of fused-ring (bicyclic) bond motifs is 1. The molecule has 58 valence electrons. The lowest BCUT2D eigenvalue weighted by Gasteiger charge is -2.18. The Balaban J connectivity index is 2.49.